The highest BCUT2D eigenvalue weighted by molar-refractivity contribution is 5.98. The van der Waals surface area contributed by atoms with Crippen LogP contribution in [0.5, 0.6) is 0 Å². The van der Waals surface area contributed by atoms with Crippen LogP contribution in [0.4, 0.5) is 0 Å². The van der Waals surface area contributed by atoms with Crippen LogP contribution in [-0.4, -0.2) is 39.9 Å². The maximum Gasteiger partial charge on any atom is 0.164 e. The van der Waals surface area contributed by atoms with Gasteiger partial charge in [0.1, 0.15) is 6.10 Å². The Balaban J connectivity index is 2.76. The van der Waals surface area contributed by atoms with Gasteiger partial charge in [0, 0.05) is 12.0 Å². The minimum absolute atomic E-state index is 0.121. The van der Waals surface area contributed by atoms with Crippen molar-refractivity contribution >= 4 is 5.78 Å². The predicted molar refractivity (Wildman–Crippen MR) is 69.0 cm³/mol. The average molecular weight is 254 g/mol. The monoisotopic (exact) mass is 254 g/mol. The Bertz CT molecular complexity index is 344. The second kappa shape index (κ2) is 7.46. The van der Waals surface area contributed by atoms with Gasteiger partial charge in [0.05, 0.1) is 12.7 Å². The van der Waals surface area contributed by atoms with E-state index in [1.54, 1.807) is 6.08 Å². The molecule has 0 saturated heterocycles. The molecule has 0 aromatic rings. The van der Waals surface area contributed by atoms with Crippen molar-refractivity contribution < 1.29 is 20.1 Å². The first kappa shape index (κ1) is 15.1. The van der Waals surface area contributed by atoms with E-state index >= 15 is 0 Å². The van der Waals surface area contributed by atoms with Gasteiger partial charge in [-0.2, -0.15) is 0 Å². The van der Waals surface area contributed by atoms with E-state index in [-0.39, 0.29) is 17.8 Å². The van der Waals surface area contributed by atoms with E-state index in [2.05, 4.69) is 6.92 Å². The van der Waals surface area contributed by atoms with Gasteiger partial charge in [-0.3, -0.25) is 4.79 Å². The molecule has 1 rings (SSSR count). The van der Waals surface area contributed by atoms with Gasteiger partial charge in [0.2, 0.25) is 0 Å². The van der Waals surface area contributed by atoms with E-state index in [0.29, 0.717) is 5.57 Å². The van der Waals surface area contributed by atoms with E-state index in [1.807, 2.05) is 6.08 Å². The number of Topliss-reactive ketones (excluding diaryl/α,β-unsaturated/α-hetero) is 1. The minimum atomic E-state index is -1.08. The Morgan fingerprint density at radius 2 is 2.06 bits per heavy atom. The first-order chi connectivity index (χ1) is 8.61. The lowest BCUT2D eigenvalue weighted by Gasteiger charge is -2.26. The van der Waals surface area contributed by atoms with Crippen molar-refractivity contribution in [1.29, 1.82) is 0 Å². The number of aliphatic hydroxyl groups excluding tert-OH is 3. The van der Waals surface area contributed by atoms with Gasteiger partial charge in [0.15, 0.2) is 5.78 Å². The van der Waals surface area contributed by atoms with Crippen LogP contribution in [-0.2, 0) is 4.79 Å². The summed E-state index contributed by atoms with van der Waals surface area (Å²) >= 11 is 0. The number of rotatable bonds is 6. The zero-order chi connectivity index (χ0) is 13.5. The molecule has 0 amide bonds. The molecule has 0 fully saturated rings. The summed E-state index contributed by atoms with van der Waals surface area (Å²) in [6.07, 6.45) is 5.48. The van der Waals surface area contributed by atoms with Crippen LogP contribution in [0.2, 0.25) is 0 Å². The summed E-state index contributed by atoms with van der Waals surface area (Å²) in [4.78, 5) is 11.6. The van der Waals surface area contributed by atoms with Gasteiger partial charge in [-0.1, -0.05) is 31.9 Å². The fourth-order valence-electron chi connectivity index (χ4n) is 2.07. The Kier molecular flexibility index (Phi) is 6.25. The summed E-state index contributed by atoms with van der Waals surface area (Å²) in [5.41, 5.74) is 0.581. The molecule has 0 radical (unpaired) electrons. The molecule has 102 valence electrons. The topological polar surface area (TPSA) is 77.8 Å². The summed E-state index contributed by atoms with van der Waals surface area (Å²) in [5, 5.41) is 28.6. The molecule has 3 N–H and O–H groups in total. The van der Waals surface area contributed by atoms with Gasteiger partial charge in [-0.25, -0.2) is 0 Å². The fourth-order valence-corrected chi connectivity index (χ4v) is 2.07. The molecule has 1 aliphatic carbocycles. The number of carbonyl (C=O) groups is 1. The molecule has 4 heteroatoms. The maximum atomic E-state index is 11.6. The Labute approximate surface area is 108 Å². The number of hydrogen-bond donors (Lipinski definition) is 3. The maximum absolute atomic E-state index is 11.6. The van der Waals surface area contributed by atoms with E-state index in [9.17, 15) is 20.1 Å². The quantitative estimate of drug-likeness (QED) is 0.620. The molecule has 2 atom stereocenters. The summed E-state index contributed by atoms with van der Waals surface area (Å²) in [6, 6.07) is 0. The van der Waals surface area contributed by atoms with Crippen molar-refractivity contribution in [2.24, 2.45) is 0 Å². The first-order valence-electron chi connectivity index (χ1n) is 6.51. The Hall–Kier alpha value is -0.970. The lowest BCUT2D eigenvalue weighted by molar-refractivity contribution is -0.120. The van der Waals surface area contributed by atoms with Gasteiger partial charge in [0.25, 0.3) is 0 Å². The largest absolute Gasteiger partial charge is 0.392 e. The predicted octanol–water partition coefficient (Wildman–Crippen LogP) is 1.11. The van der Waals surface area contributed by atoms with Crippen LogP contribution in [0.1, 0.15) is 39.0 Å². The molecule has 0 aliphatic heterocycles. The van der Waals surface area contributed by atoms with Gasteiger partial charge in [-0.15, -0.1) is 0 Å². The van der Waals surface area contributed by atoms with Crippen molar-refractivity contribution in [3.8, 4) is 0 Å². The normalized spacial score (nSPS) is 25.2. The van der Waals surface area contributed by atoms with Crippen LogP contribution < -0.4 is 0 Å². The molecule has 0 saturated carbocycles. The first-order valence-corrected chi connectivity index (χ1v) is 6.51. The number of carbonyl (C=O) groups excluding carboxylic acids is 1. The number of ketones is 1. The van der Waals surface area contributed by atoms with Gasteiger partial charge >= 0.3 is 0 Å². The van der Waals surface area contributed by atoms with Gasteiger partial charge in [-0.05, 0) is 18.4 Å². The molecular formula is C14H22O4. The van der Waals surface area contributed by atoms with E-state index in [4.69, 9.17) is 0 Å². The molecule has 2 unspecified atom stereocenters. The SMILES string of the molecule is CCCCCC=CC1=C(CO)C(=O)CC(O)C1O. The van der Waals surface area contributed by atoms with Gasteiger partial charge < -0.3 is 15.3 Å². The smallest absolute Gasteiger partial charge is 0.164 e. The molecule has 0 aromatic heterocycles. The van der Waals surface area contributed by atoms with Crippen LogP contribution in [0, 0.1) is 0 Å². The number of aliphatic hydroxyl groups is 3. The highest BCUT2D eigenvalue weighted by Crippen LogP contribution is 2.24. The lowest BCUT2D eigenvalue weighted by atomic mass is 9.86. The highest BCUT2D eigenvalue weighted by atomic mass is 16.3. The molecule has 0 bridgehead atoms. The van der Waals surface area contributed by atoms with E-state index < -0.39 is 18.8 Å². The second-order valence-electron chi connectivity index (χ2n) is 4.63. The summed E-state index contributed by atoms with van der Waals surface area (Å²) in [6.45, 7) is 1.73. The molecule has 0 heterocycles. The van der Waals surface area contributed by atoms with E-state index in [1.165, 1.54) is 0 Å². The molecule has 18 heavy (non-hydrogen) atoms. The third kappa shape index (κ3) is 3.77. The molecule has 0 spiro atoms. The zero-order valence-corrected chi connectivity index (χ0v) is 10.8. The molecule has 1 aliphatic rings. The molecular weight excluding hydrogens is 232 g/mol. The Morgan fingerprint density at radius 3 is 2.67 bits per heavy atom. The lowest BCUT2D eigenvalue weighted by Crippen LogP contribution is -2.37. The summed E-state index contributed by atoms with van der Waals surface area (Å²) in [7, 11) is 0. The average Bonchev–Trinajstić information content (AvgIpc) is 2.35. The van der Waals surface area contributed by atoms with Crippen molar-refractivity contribution in [2.45, 2.75) is 51.2 Å². The molecule has 0 aromatic carbocycles. The van der Waals surface area contributed by atoms with E-state index in [0.717, 1.165) is 25.7 Å². The Morgan fingerprint density at radius 1 is 1.33 bits per heavy atom. The third-order valence-corrected chi connectivity index (χ3v) is 3.19. The fraction of sp³-hybridized carbons (Fsp3) is 0.643. The number of allylic oxidation sites excluding steroid dienone is 1. The standard InChI is InChI=1S/C14H22O4/c1-2-3-4-5-6-7-10-11(9-15)12(16)8-13(17)14(10)18/h6-7,13-15,17-18H,2-5,8-9H2,1H3. The second-order valence-corrected chi connectivity index (χ2v) is 4.63. The van der Waals surface area contributed by atoms with Crippen molar-refractivity contribution in [1.82, 2.24) is 0 Å². The minimum Gasteiger partial charge on any atom is -0.392 e. The van der Waals surface area contributed by atoms with Crippen LogP contribution >= 0.6 is 0 Å². The number of unbranched alkanes of at least 4 members (excludes halogenated alkanes) is 3. The van der Waals surface area contributed by atoms with Crippen LogP contribution in [0.15, 0.2) is 23.3 Å². The van der Waals surface area contributed by atoms with Crippen LogP contribution in [0.25, 0.3) is 0 Å². The highest BCUT2D eigenvalue weighted by Gasteiger charge is 2.32. The van der Waals surface area contributed by atoms with Crippen molar-refractivity contribution in [3.05, 3.63) is 23.3 Å². The van der Waals surface area contributed by atoms with Crippen LogP contribution in [0.3, 0.4) is 0 Å². The molecule has 4 nitrogen and oxygen atoms in total. The van der Waals surface area contributed by atoms with Crippen molar-refractivity contribution in [3.63, 3.8) is 0 Å². The third-order valence-electron chi connectivity index (χ3n) is 3.19. The summed E-state index contributed by atoms with van der Waals surface area (Å²) in [5.74, 6) is -0.288. The van der Waals surface area contributed by atoms with Crippen molar-refractivity contribution in [2.75, 3.05) is 6.61 Å². The zero-order valence-electron chi connectivity index (χ0n) is 10.8. The number of hydrogen-bond acceptors (Lipinski definition) is 4. The summed E-state index contributed by atoms with van der Waals surface area (Å²) < 4.78 is 0.